The summed E-state index contributed by atoms with van der Waals surface area (Å²) in [4.78, 5) is 2.27. The van der Waals surface area contributed by atoms with Gasteiger partial charge in [0.15, 0.2) is 5.84 Å². The fourth-order valence-electron chi connectivity index (χ4n) is 2.57. The fraction of sp³-hybridized carbons (Fsp3) is 0.636. The first-order valence-electron chi connectivity index (χ1n) is 5.84. The molecule has 0 spiro atoms. The van der Waals surface area contributed by atoms with Crippen molar-refractivity contribution in [3.63, 3.8) is 0 Å². The number of rotatable bonds is 2. The van der Waals surface area contributed by atoms with Crippen molar-refractivity contribution < 1.29 is 5.21 Å². The second kappa shape index (κ2) is 4.27. The lowest BCUT2D eigenvalue weighted by Gasteiger charge is -2.24. The van der Waals surface area contributed by atoms with E-state index in [-0.39, 0.29) is 5.84 Å². The van der Waals surface area contributed by atoms with Gasteiger partial charge in [-0.1, -0.05) is 5.16 Å². The molecule has 0 aromatic carbocycles. The molecule has 1 aliphatic rings. The van der Waals surface area contributed by atoms with Crippen LogP contribution >= 0.6 is 0 Å². The summed E-state index contributed by atoms with van der Waals surface area (Å²) in [5.74, 6) is 1.08. The summed E-state index contributed by atoms with van der Waals surface area (Å²) >= 11 is 0. The van der Waals surface area contributed by atoms with Crippen LogP contribution in [0, 0.1) is 6.92 Å². The highest BCUT2D eigenvalue weighted by molar-refractivity contribution is 6.02. The SMILES string of the molecule is Cc1nn(C)c(N2CCCC2C)c1C(N)=NO. The highest BCUT2D eigenvalue weighted by Crippen LogP contribution is 2.29. The molecule has 6 nitrogen and oxygen atoms in total. The molecule has 1 aromatic heterocycles. The Morgan fingerprint density at radius 1 is 1.59 bits per heavy atom. The van der Waals surface area contributed by atoms with Gasteiger partial charge >= 0.3 is 0 Å². The fourth-order valence-corrected chi connectivity index (χ4v) is 2.57. The number of oxime groups is 1. The molecule has 2 rings (SSSR count). The molecular formula is C11H19N5O. The molecular weight excluding hydrogens is 218 g/mol. The molecule has 0 aliphatic carbocycles. The number of aryl methyl sites for hydroxylation is 2. The van der Waals surface area contributed by atoms with E-state index in [1.54, 1.807) is 0 Å². The quantitative estimate of drug-likeness (QED) is 0.345. The molecule has 6 heteroatoms. The summed E-state index contributed by atoms with van der Waals surface area (Å²) in [6.07, 6.45) is 2.33. The van der Waals surface area contributed by atoms with Crippen molar-refractivity contribution in [1.29, 1.82) is 0 Å². The van der Waals surface area contributed by atoms with E-state index in [1.165, 1.54) is 12.8 Å². The third kappa shape index (κ3) is 1.83. The van der Waals surface area contributed by atoms with Gasteiger partial charge in [-0.2, -0.15) is 5.10 Å². The van der Waals surface area contributed by atoms with Crippen LogP contribution in [0.4, 0.5) is 5.82 Å². The Hall–Kier alpha value is -1.72. The molecule has 1 aromatic rings. The molecule has 0 radical (unpaired) electrons. The molecule has 17 heavy (non-hydrogen) atoms. The number of nitrogens with zero attached hydrogens (tertiary/aromatic N) is 4. The molecule has 1 fully saturated rings. The molecule has 1 aliphatic heterocycles. The molecule has 94 valence electrons. The van der Waals surface area contributed by atoms with Crippen molar-refractivity contribution >= 4 is 11.7 Å². The van der Waals surface area contributed by atoms with Crippen LogP contribution in [0.2, 0.25) is 0 Å². The molecule has 0 bridgehead atoms. The van der Waals surface area contributed by atoms with Gasteiger partial charge in [0.2, 0.25) is 0 Å². The first-order chi connectivity index (χ1) is 8.06. The largest absolute Gasteiger partial charge is 0.409 e. The van der Waals surface area contributed by atoms with Crippen LogP contribution in [0.3, 0.4) is 0 Å². The van der Waals surface area contributed by atoms with Crippen molar-refractivity contribution in [1.82, 2.24) is 9.78 Å². The van der Waals surface area contributed by atoms with Gasteiger partial charge in [-0.15, -0.1) is 0 Å². The zero-order valence-electron chi connectivity index (χ0n) is 10.5. The lowest BCUT2D eigenvalue weighted by Crippen LogP contribution is -2.31. The van der Waals surface area contributed by atoms with Crippen LogP contribution in [0.15, 0.2) is 5.16 Å². The van der Waals surface area contributed by atoms with E-state index in [0.29, 0.717) is 6.04 Å². The Morgan fingerprint density at radius 2 is 2.29 bits per heavy atom. The van der Waals surface area contributed by atoms with Crippen LogP contribution in [0.25, 0.3) is 0 Å². The van der Waals surface area contributed by atoms with Crippen molar-refractivity contribution in [2.45, 2.75) is 32.7 Å². The van der Waals surface area contributed by atoms with E-state index in [2.05, 4.69) is 22.1 Å². The topological polar surface area (TPSA) is 79.7 Å². The number of nitrogens with two attached hydrogens (primary N) is 1. The minimum Gasteiger partial charge on any atom is -0.409 e. The van der Waals surface area contributed by atoms with Gasteiger partial charge in [-0.25, -0.2) is 0 Å². The maximum absolute atomic E-state index is 8.86. The Morgan fingerprint density at radius 3 is 2.82 bits per heavy atom. The van der Waals surface area contributed by atoms with Gasteiger partial charge in [-0.3, -0.25) is 4.68 Å². The van der Waals surface area contributed by atoms with Crippen LogP contribution in [0.1, 0.15) is 31.0 Å². The lowest BCUT2D eigenvalue weighted by molar-refractivity contribution is 0.318. The van der Waals surface area contributed by atoms with E-state index in [1.807, 2.05) is 18.7 Å². The zero-order chi connectivity index (χ0) is 12.6. The monoisotopic (exact) mass is 237 g/mol. The second-order valence-corrected chi connectivity index (χ2v) is 4.58. The van der Waals surface area contributed by atoms with Gasteiger partial charge in [0.05, 0.1) is 11.3 Å². The molecule has 0 saturated carbocycles. The lowest BCUT2D eigenvalue weighted by atomic mass is 10.2. The van der Waals surface area contributed by atoms with Crippen LogP contribution in [0.5, 0.6) is 0 Å². The minimum absolute atomic E-state index is 0.129. The average molecular weight is 237 g/mol. The van der Waals surface area contributed by atoms with Crippen LogP contribution in [-0.4, -0.2) is 33.4 Å². The summed E-state index contributed by atoms with van der Waals surface area (Å²) in [5.41, 5.74) is 7.27. The molecule has 3 N–H and O–H groups in total. The molecule has 2 heterocycles. The number of hydrogen-bond donors (Lipinski definition) is 2. The smallest absolute Gasteiger partial charge is 0.175 e. The van der Waals surface area contributed by atoms with Crippen molar-refractivity contribution in [3.05, 3.63) is 11.3 Å². The Bertz CT molecular complexity index is 451. The van der Waals surface area contributed by atoms with E-state index in [9.17, 15) is 0 Å². The summed E-state index contributed by atoms with van der Waals surface area (Å²) in [7, 11) is 1.89. The molecule has 1 atom stereocenters. The molecule has 1 unspecified atom stereocenters. The maximum atomic E-state index is 8.86. The number of amidine groups is 1. The highest BCUT2D eigenvalue weighted by Gasteiger charge is 2.28. The van der Waals surface area contributed by atoms with E-state index in [0.717, 1.165) is 23.6 Å². The van der Waals surface area contributed by atoms with E-state index in [4.69, 9.17) is 10.9 Å². The van der Waals surface area contributed by atoms with Crippen LogP contribution in [-0.2, 0) is 7.05 Å². The van der Waals surface area contributed by atoms with Gasteiger partial charge in [0.25, 0.3) is 0 Å². The predicted molar refractivity (Wildman–Crippen MR) is 66.5 cm³/mol. The van der Waals surface area contributed by atoms with Gasteiger partial charge < -0.3 is 15.8 Å². The van der Waals surface area contributed by atoms with Gasteiger partial charge in [0.1, 0.15) is 5.82 Å². The summed E-state index contributed by atoms with van der Waals surface area (Å²) in [6.45, 7) is 5.05. The van der Waals surface area contributed by atoms with Crippen LogP contribution < -0.4 is 10.6 Å². The Labute approximate surface area is 101 Å². The van der Waals surface area contributed by atoms with Crippen molar-refractivity contribution in [2.75, 3.05) is 11.4 Å². The van der Waals surface area contributed by atoms with Gasteiger partial charge in [-0.05, 0) is 26.7 Å². The predicted octanol–water partition coefficient (Wildman–Crippen LogP) is 0.812. The van der Waals surface area contributed by atoms with E-state index >= 15 is 0 Å². The molecule has 1 saturated heterocycles. The van der Waals surface area contributed by atoms with Gasteiger partial charge in [0, 0.05) is 19.6 Å². The number of anilines is 1. The Balaban J connectivity index is 2.52. The number of hydrogen-bond acceptors (Lipinski definition) is 4. The maximum Gasteiger partial charge on any atom is 0.175 e. The standard InChI is InChI=1S/C11H19N5O/c1-7-5-4-6-16(7)11-9(10(12)14-17)8(2)13-15(11)3/h7,17H,4-6H2,1-3H3,(H2,12,14). The zero-order valence-corrected chi connectivity index (χ0v) is 10.5. The third-order valence-corrected chi connectivity index (χ3v) is 3.38. The first kappa shape index (κ1) is 11.8. The van der Waals surface area contributed by atoms with Crippen molar-refractivity contribution in [2.24, 2.45) is 17.9 Å². The van der Waals surface area contributed by atoms with Crippen molar-refractivity contribution in [3.8, 4) is 0 Å². The second-order valence-electron chi connectivity index (χ2n) is 4.58. The number of aromatic nitrogens is 2. The summed E-state index contributed by atoms with van der Waals surface area (Å²) < 4.78 is 1.81. The summed E-state index contributed by atoms with van der Waals surface area (Å²) in [5, 5.41) is 16.3. The Kier molecular flexibility index (Phi) is 2.95. The molecule has 0 amide bonds. The minimum atomic E-state index is 0.129. The normalized spacial score (nSPS) is 21.2. The van der Waals surface area contributed by atoms with E-state index < -0.39 is 0 Å². The highest BCUT2D eigenvalue weighted by atomic mass is 16.4. The third-order valence-electron chi connectivity index (χ3n) is 3.38. The average Bonchev–Trinajstić information content (AvgIpc) is 2.81. The summed E-state index contributed by atoms with van der Waals surface area (Å²) in [6, 6.07) is 0.468. The first-order valence-corrected chi connectivity index (χ1v) is 5.84.